The van der Waals surface area contributed by atoms with E-state index in [1.54, 1.807) is 0 Å². The number of anilines is 1. The van der Waals surface area contributed by atoms with E-state index in [0.29, 0.717) is 13.1 Å². The molecule has 1 aromatic rings. The number of nitrogen functional groups attached to an aromatic ring is 1. The van der Waals surface area contributed by atoms with Crippen LogP contribution in [0.1, 0.15) is 5.56 Å². The van der Waals surface area contributed by atoms with Gasteiger partial charge in [-0.1, -0.05) is 18.2 Å². The Hall–Kier alpha value is -1.11. The van der Waals surface area contributed by atoms with Crippen LogP contribution in [0.25, 0.3) is 0 Å². The minimum atomic E-state index is -3.12. The van der Waals surface area contributed by atoms with Crippen molar-refractivity contribution in [2.24, 2.45) is 0 Å². The predicted molar refractivity (Wildman–Crippen MR) is 70.0 cm³/mol. The van der Waals surface area contributed by atoms with E-state index >= 15 is 0 Å². The number of sulfonamides is 1. The number of nitrogens with two attached hydrogens (primary N) is 1. The summed E-state index contributed by atoms with van der Waals surface area (Å²) < 4.78 is 24.2. The van der Waals surface area contributed by atoms with Gasteiger partial charge >= 0.3 is 0 Å². The summed E-state index contributed by atoms with van der Waals surface area (Å²) in [6.45, 7) is 0.991. The molecule has 0 amide bonds. The zero-order valence-electron chi connectivity index (χ0n) is 10.2. The summed E-state index contributed by atoms with van der Waals surface area (Å²) in [5.41, 5.74) is 7.47. The Labute approximate surface area is 103 Å². The van der Waals surface area contributed by atoms with Gasteiger partial charge in [0.05, 0.1) is 5.75 Å². The molecule has 0 aliphatic rings. The molecule has 0 aliphatic heterocycles. The van der Waals surface area contributed by atoms with Gasteiger partial charge in [0, 0.05) is 32.9 Å². The van der Waals surface area contributed by atoms with Crippen LogP contribution in [-0.2, 0) is 16.6 Å². The van der Waals surface area contributed by atoms with Crippen molar-refractivity contribution in [2.45, 2.75) is 6.54 Å². The summed E-state index contributed by atoms with van der Waals surface area (Å²) in [7, 11) is -0.0586. The van der Waals surface area contributed by atoms with Crippen molar-refractivity contribution in [1.82, 2.24) is 9.62 Å². The predicted octanol–water partition coefficient (Wildman–Crippen LogP) is 0.250. The molecule has 17 heavy (non-hydrogen) atoms. The molecule has 0 bridgehead atoms. The van der Waals surface area contributed by atoms with Crippen LogP contribution in [-0.4, -0.2) is 39.1 Å². The topological polar surface area (TPSA) is 75.4 Å². The number of rotatable bonds is 6. The second kappa shape index (κ2) is 6.00. The summed E-state index contributed by atoms with van der Waals surface area (Å²) in [5.74, 6) is 0.0900. The largest absolute Gasteiger partial charge is 0.398 e. The van der Waals surface area contributed by atoms with Crippen LogP contribution < -0.4 is 11.1 Å². The standard InChI is InChI=1S/C11H19N3O2S/c1-14(2)17(15,16)8-7-13-9-10-5-3-4-6-11(10)12/h3-6,13H,7-9,12H2,1-2H3. The van der Waals surface area contributed by atoms with Gasteiger partial charge in [-0.2, -0.15) is 0 Å². The average molecular weight is 257 g/mol. The Morgan fingerprint density at radius 2 is 1.94 bits per heavy atom. The van der Waals surface area contributed by atoms with Crippen molar-refractivity contribution in [1.29, 1.82) is 0 Å². The summed E-state index contributed by atoms with van der Waals surface area (Å²) in [5, 5.41) is 3.07. The Bertz CT molecular complexity index is 458. The molecule has 0 aromatic heterocycles. The molecule has 1 aromatic carbocycles. The van der Waals surface area contributed by atoms with Crippen molar-refractivity contribution >= 4 is 15.7 Å². The second-order valence-electron chi connectivity index (χ2n) is 3.97. The van der Waals surface area contributed by atoms with Crippen molar-refractivity contribution in [2.75, 3.05) is 32.1 Å². The normalized spacial score (nSPS) is 11.9. The molecule has 0 saturated heterocycles. The second-order valence-corrected chi connectivity index (χ2v) is 6.28. The van der Waals surface area contributed by atoms with Gasteiger partial charge in [-0.15, -0.1) is 0 Å². The van der Waals surface area contributed by atoms with Crippen LogP contribution in [0.5, 0.6) is 0 Å². The first-order valence-corrected chi connectivity index (χ1v) is 6.98. The summed E-state index contributed by atoms with van der Waals surface area (Å²) in [6, 6.07) is 7.52. The Morgan fingerprint density at radius 1 is 1.29 bits per heavy atom. The highest BCUT2D eigenvalue weighted by Gasteiger charge is 2.12. The average Bonchev–Trinajstić information content (AvgIpc) is 2.26. The molecule has 0 spiro atoms. The molecule has 0 aliphatic carbocycles. The fourth-order valence-electron chi connectivity index (χ4n) is 1.30. The summed E-state index contributed by atoms with van der Waals surface area (Å²) in [4.78, 5) is 0. The molecule has 0 atom stereocenters. The maximum Gasteiger partial charge on any atom is 0.214 e. The van der Waals surface area contributed by atoms with Crippen LogP contribution in [0.2, 0.25) is 0 Å². The van der Waals surface area contributed by atoms with Gasteiger partial charge in [0.1, 0.15) is 0 Å². The lowest BCUT2D eigenvalue weighted by atomic mass is 10.2. The maximum absolute atomic E-state index is 11.5. The lowest BCUT2D eigenvalue weighted by Gasteiger charge is -2.12. The van der Waals surface area contributed by atoms with E-state index in [1.807, 2.05) is 24.3 Å². The molecule has 1 rings (SSSR count). The molecule has 0 unspecified atom stereocenters. The lowest BCUT2D eigenvalue weighted by molar-refractivity contribution is 0.517. The van der Waals surface area contributed by atoms with Crippen molar-refractivity contribution in [3.05, 3.63) is 29.8 Å². The van der Waals surface area contributed by atoms with E-state index < -0.39 is 10.0 Å². The fourth-order valence-corrected chi connectivity index (χ4v) is 2.07. The number of nitrogens with one attached hydrogen (secondary N) is 1. The zero-order chi connectivity index (χ0) is 12.9. The first-order chi connectivity index (χ1) is 7.93. The van der Waals surface area contributed by atoms with Crippen molar-refractivity contribution < 1.29 is 8.42 Å². The van der Waals surface area contributed by atoms with Gasteiger partial charge in [0.25, 0.3) is 0 Å². The number of hydrogen-bond acceptors (Lipinski definition) is 4. The molecule has 96 valence electrons. The van der Waals surface area contributed by atoms with E-state index in [1.165, 1.54) is 18.4 Å². The number of para-hydroxylation sites is 1. The molecule has 3 N–H and O–H groups in total. The van der Waals surface area contributed by atoms with Gasteiger partial charge in [0.2, 0.25) is 10.0 Å². The molecule has 6 heteroatoms. The van der Waals surface area contributed by atoms with Crippen LogP contribution >= 0.6 is 0 Å². The van der Waals surface area contributed by atoms with Crippen molar-refractivity contribution in [3.8, 4) is 0 Å². The van der Waals surface area contributed by atoms with Gasteiger partial charge in [-0.05, 0) is 11.6 Å². The maximum atomic E-state index is 11.5. The molecule has 0 saturated carbocycles. The summed E-state index contributed by atoms with van der Waals surface area (Å²) >= 11 is 0. The first-order valence-electron chi connectivity index (χ1n) is 5.38. The highest BCUT2D eigenvalue weighted by Crippen LogP contribution is 2.09. The van der Waals surface area contributed by atoms with Gasteiger partial charge in [-0.3, -0.25) is 0 Å². The van der Waals surface area contributed by atoms with Gasteiger partial charge in [0.15, 0.2) is 0 Å². The van der Waals surface area contributed by atoms with E-state index in [-0.39, 0.29) is 5.75 Å². The zero-order valence-corrected chi connectivity index (χ0v) is 11.0. The lowest BCUT2D eigenvalue weighted by Crippen LogP contribution is -2.31. The van der Waals surface area contributed by atoms with Gasteiger partial charge < -0.3 is 11.1 Å². The molecule has 0 heterocycles. The Balaban J connectivity index is 2.38. The fraction of sp³-hybridized carbons (Fsp3) is 0.455. The quantitative estimate of drug-likeness (QED) is 0.566. The van der Waals surface area contributed by atoms with E-state index in [2.05, 4.69) is 5.32 Å². The Morgan fingerprint density at radius 3 is 2.53 bits per heavy atom. The molecule has 0 radical (unpaired) electrons. The smallest absolute Gasteiger partial charge is 0.214 e. The SMILES string of the molecule is CN(C)S(=O)(=O)CCNCc1ccccc1N. The number of benzene rings is 1. The van der Waals surface area contributed by atoms with E-state index in [4.69, 9.17) is 5.73 Å². The molecular weight excluding hydrogens is 238 g/mol. The number of hydrogen-bond donors (Lipinski definition) is 2. The van der Waals surface area contributed by atoms with Crippen LogP contribution in [0, 0.1) is 0 Å². The monoisotopic (exact) mass is 257 g/mol. The minimum absolute atomic E-state index is 0.0900. The van der Waals surface area contributed by atoms with Crippen molar-refractivity contribution in [3.63, 3.8) is 0 Å². The highest BCUT2D eigenvalue weighted by molar-refractivity contribution is 7.89. The summed E-state index contributed by atoms with van der Waals surface area (Å²) in [6.07, 6.45) is 0. The minimum Gasteiger partial charge on any atom is -0.398 e. The van der Waals surface area contributed by atoms with Crippen LogP contribution in [0.15, 0.2) is 24.3 Å². The molecule has 5 nitrogen and oxygen atoms in total. The molecular formula is C11H19N3O2S. The third-order valence-corrected chi connectivity index (χ3v) is 4.30. The molecule has 0 fully saturated rings. The highest BCUT2D eigenvalue weighted by atomic mass is 32.2. The van der Waals surface area contributed by atoms with E-state index in [0.717, 1.165) is 11.3 Å². The Kier molecular flexibility index (Phi) is 4.92. The number of nitrogens with zero attached hydrogens (tertiary/aromatic N) is 1. The van der Waals surface area contributed by atoms with Crippen LogP contribution in [0.4, 0.5) is 5.69 Å². The van der Waals surface area contributed by atoms with E-state index in [9.17, 15) is 8.42 Å². The van der Waals surface area contributed by atoms with Crippen LogP contribution in [0.3, 0.4) is 0 Å². The first kappa shape index (κ1) is 14.0. The van der Waals surface area contributed by atoms with Gasteiger partial charge in [-0.25, -0.2) is 12.7 Å². The third kappa shape index (κ3) is 4.33. The third-order valence-electron chi connectivity index (χ3n) is 2.46.